The molecular weight excluding hydrogens is 248 g/mol. The maximum Gasteiger partial charge on any atom is 0.146 e. The van der Waals surface area contributed by atoms with Gasteiger partial charge in [0.25, 0.3) is 0 Å². The number of benzene rings is 1. The summed E-state index contributed by atoms with van der Waals surface area (Å²) in [6, 6.07) is 14.0. The first-order chi connectivity index (χ1) is 9.88. The van der Waals surface area contributed by atoms with Gasteiger partial charge in [-0.15, -0.1) is 0 Å². The van der Waals surface area contributed by atoms with Gasteiger partial charge in [-0.25, -0.2) is 4.98 Å². The number of hydrogen-bond acceptors (Lipinski definition) is 3. The summed E-state index contributed by atoms with van der Waals surface area (Å²) in [5, 5.41) is 5.47. The second-order valence-corrected chi connectivity index (χ2v) is 4.47. The molecule has 0 radical (unpaired) electrons. The first-order valence-corrected chi connectivity index (χ1v) is 6.66. The lowest BCUT2D eigenvalue weighted by Gasteiger charge is -1.97. The van der Waals surface area contributed by atoms with Crippen molar-refractivity contribution in [1.82, 2.24) is 9.55 Å². The van der Waals surface area contributed by atoms with E-state index in [4.69, 9.17) is 0 Å². The molecule has 20 heavy (non-hydrogen) atoms. The van der Waals surface area contributed by atoms with Crippen LogP contribution in [0.25, 0.3) is 10.9 Å². The number of fused-ring (bicyclic) bond motifs is 1. The van der Waals surface area contributed by atoms with Gasteiger partial charge in [0.15, 0.2) is 0 Å². The van der Waals surface area contributed by atoms with E-state index in [0.29, 0.717) is 0 Å². The predicted molar refractivity (Wildman–Crippen MR) is 83.1 cm³/mol. The maximum atomic E-state index is 4.26. The second kappa shape index (κ2) is 5.57. The fraction of sp³-hybridized carbons (Fsp3) is 0.125. The molecule has 4 heteroatoms. The van der Waals surface area contributed by atoms with Crippen molar-refractivity contribution in [1.29, 1.82) is 0 Å². The van der Waals surface area contributed by atoms with Crippen LogP contribution in [0, 0.1) is 0 Å². The van der Waals surface area contributed by atoms with Crippen LogP contribution in [-0.2, 0) is 6.54 Å². The molecule has 0 saturated heterocycles. The Kier molecular flexibility index (Phi) is 3.46. The Morgan fingerprint density at radius 2 is 2.05 bits per heavy atom. The largest absolute Gasteiger partial charge is 0.347 e. The van der Waals surface area contributed by atoms with E-state index in [2.05, 4.69) is 51.4 Å². The van der Waals surface area contributed by atoms with Crippen LogP contribution in [0.15, 0.2) is 60.0 Å². The monoisotopic (exact) mass is 264 g/mol. The summed E-state index contributed by atoms with van der Waals surface area (Å²) in [5.41, 5.74) is 5.27. The number of pyridine rings is 1. The molecule has 0 aliphatic rings. The molecule has 0 aliphatic carbocycles. The molecule has 0 bridgehead atoms. The number of anilines is 1. The van der Waals surface area contributed by atoms with Crippen molar-refractivity contribution in [2.75, 3.05) is 5.43 Å². The summed E-state index contributed by atoms with van der Waals surface area (Å²) < 4.78 is 2.22. The van der Waals surface area contributed by atoms with Crippen molar-refractivity contribution in [3.63, 3.8) is 0 Å². The third-order valence-corrected chi connectivity index (χ3v) is 3.21. The van der Waals surface area contributed by atoms with Gasteiger partial charge in [0, 0.05) is 35.4 Å². The van der Waals surface area contributed by atoms with Gasteiger partial charge in [-0.1, -0.05) is 24.3 Å². The molecule has 3 aromatic rings. The Hall–Kier alpha value is -2.62. The molecule has 0 spiro atoms. The smallest absolute Gasteiger partial charge is 0.146 e. The van der Waals surface area contributed by atoms with E-state index in [1.54, 1.807) is 6.20 Å². The number of hydrogen-bond donors (Lipinski definition) is 1. The molecule has 0 aliphatic heterocycles. The minimum absolute atomic E-state index is 0.739. The number of rotatable bonds is 4. The van der Waals surface area contributed by atoms with Crippen molar-refractivity contribution in [3.05, 3.63) is 60.4 Å². The lowest BCUT2D eigenvalue weighted by molar-refractivity contribution is 0.797. The van der Waals surface area contributed by atoms with E-state index in [1.807, 2.05) is 30.5 Å². The van der Waals surface area contributed by atoms with E-state index in [0.717, 1.165) is 17.9 Å². The molecular formula is C16H16N4. The Bertz CT molecular complexity index is 729. The molecule has 4 nitrogen and oxygen atoms in total. The summed E-state index contributed by atoms with van der Waals surface area (Å²) in [7, 11) is 0. The van der Waals surface area contributed by atoms with Crippen LogP contribution in [0.3, 0.4) is 0 Å². The normalized spacial score (nSPS) is 11.2. The van der Waals surface area contributed by atoms with Crippen LogP contribution in [0.2, 0.25) is 0 Å². The van der Waals surface area contributed by atoms with Gasteiger partial charge < -0.3 is 4.57 Å². The van der Waals surface area contributed by atoms with Crippen LogP contribution >= 0.6 is 0 Å². The fourth-order valence-electron chi connectivity index (χ4n) is 2.24. The number of aromatic nitrogens is 2. The predicted octanol–water partition coefficient (Wildman–Crippen LogP) is 3.50. The molecule has 3 rings (SSSR count). The van der Waals surface area contributed by atoms with E-state index >= 15 is 0 Å². The summed E-state index contributed by atoms with van der Waals surface area (Å²) in [6.45, 7) is 3.08. The van der Waals surface area contributed by atoms with Gasteiger partial charge in [0.05, 0.1) is 6.21 Å². The quantitative estimate of drug-likeness (QED) is 0.579. The molecule has 2 aromatic heterocycles. The van der Waals surface area contributed by atoms with Crippen molar-refractivity contribution in [2.45, 2.75) is 13.5 Å². The van der Waals surface area contributed by atoms with Crippen LogP contribution < -0.4 is 5.43 Å². The van der Waals surface area contributed by atoms with E-state index in [1.165, 1.54) is 10.9 Å². The Morgan fingerprint density at radius 1 is 1.20 bits per heavy atom. The highest BCUT2D eigenvalue weighted by Gasteiger charge is 2.04. The zero-order valence-corrected chi connectivity index (χ0v) is 11.3. The van der Waals surface area contributed by atoms with Crippen molar-refractivity contribution in [3.8, 4) is 0 Å². The maximum absolute atomic E-state index is 4.26. The van der Waals surface area contributed by atoms with Gasteiger partial charge in [-0.2, -0.15) is 5.10 Å². The number of nitrogens with zero attached hydrogens (tertiary/aromatic N) is 3. The second-order valence-electron chi connectivity index (χ2n) is 4.47. The van der Waals surface area contributed by atoms with Gasteiger partial charge in [-0.05, 0) is 25.1 Å². The molecule has 0 atom stereocenters. The Balaban J connectivity index is 1.87. The molecule has 0 amide bonds. The lowest BCUT2D eigenvalue weighted by Crippen LogP contribution is -1.92. The zero-order chi connectivity index (χ0) is 13.8. The fourth-order valence-corrected chi connectivity index (χ4v) is 2.24. The highest BCUT2D eigenvalue weighted by molar-refractivity contribution is 5.99. The molecule has 0 unspecified atom stereocenters. The van der Waals surface area contributed by atoms with E-state index < -0.39 is 0 Å². The Labute approximate surface area is 117 Å². The van der Waals surface area contributed by atoms with Crippen LogP contribution in [-0.4, -0.2) is 15.8 Å². The molecule has 1 aromatic carbocycles. The minimum Gasteiger partial charge on any atom is -0.347 e. The van der Waals surface area contributed by atoms with Crippen LogP contribution in [0.5, 0.6) is 0 Å². The van der Waals surface area contributed by atoms with Crippen molar-refractivity contribution >= 4 is 22.9 Å². The number of aryl methyl sites for hydroxylation is 1. The first-order valence-electron chi connectivity index (χ1n) is 6.66. The first kappa shape index (κ1) is 12.4. The topological polar surface area (TPSA) is 42.2 Å². The molecule has 2 heterocycles. The van der Waals surface area contributed by atoms with Crippen LogP contribution in [0.4, 0.5) is 5.82 Å². The summed E-state index contributed by atoms with van der Waals surface area (Å²) >= 11 is 0. The van der Waals surface area contributed by atoms with E-state index in [-0.39, 0.29) is 0 Å². The molecule has 1 N–H and O–H groups in total. The standard InChI is InChI=1S/C16H16N4/c1-2-20-12-13(14-7-3-4-8-15(14)20)11-18-19-16-9-5-6-10-17-16/h3-12H,2H2,1H3,(H,17,19)/b18-11+. The third kappa shape index (κ3) is 2.40. The summed E-state index contributed by atoms with van der Waals surface area (Å²) in [5.74, 6) is 0.739. The minimum atomic E-state index is 0.739. The summed E-state index contributed by atoms with van der Waals surface area (Å²) in [4.78, 5) is 4.16. The van der Waals surface area contributed by atoms with Gasteiger partial charge in [-0.3, -0.25) is 5.43 Å². The average Bonchev–Trinajstić information content (AvgIpc) is 2.87. The van der Waals surface area contributed by atoms with Gasteiger partial charge >= 0.3 is 0 Å². The van der Waals surface area contributed by atoms with Crippen molar-refractivity contribution in [2.24, 2.45) is 5.10 Å². The van der Waals surface area contributed by atoms with Crippen LogP contribution in [0.1, 0.15) is 12.5 Å². The number of hydrazone groups is 1. The van der Waals surface area contributed by atoms with Crippen molar-refractivity contribution < 1.29 is 0 Å². The molecule has 0 saturated carbocycles. The molecule has 0 fully saturated rings. The number of nitrogens with one attached hydrogen (secondary N) is 1. The third-order valence-electron chi connectivity index (χ3n) is 3.21. The van der Waals surface area contributed by atoms with Gasteiger partial charge in [0.1, 0.15) is 5.82 Å². The van der Waals surface area contributed by atoms with E-state index in [9.17, 15) is 0 Å². The Morgan fingerprint density at radius 3 is 2.85 bits per heavy atom. The SMILES string of the molecule is CCn1cc(/C=N/Nc2ccccn2)c2ccccc21. The van der Waals surface area contributed by atoms with Gasteiger partial charge in [0.2, 0.25) is 0 Å². The highest BCUT2D eigenvalue weighted by Crippen LogP contribution is 2.19. The lowest BCUT2D eigenvalue weighted by atomic mass is 10.2. The average molecular weight is 264 g/mol. The highest BCUT2D eigenvalue weighted by atomic mass is 15.3. The molecule has 100 valence electrons. The summed E-state index contributed by atoms with van der Waals surface area (Å²) in [6.07, 6.45) is 5.69. The zero-order valence-electron chi connectivity index (χ0n) is 11.3. The number of para-hydroxylation sites is 1.